The third-order valence-electron chi connectivity index (χ3n) is 1.55. The molecule has 0 saturated heterocycles. The summed E-state index contributed by atoms with van der Waals surface area (Å²) in [7, 11) is 0. The number of nitrogens with two attached hydrogens (primary N) is 1. The van der Waals surface area contributed by atoms with Gasteiger partial charge in [0.25, 0.3) is 0 Å². The van der Waals surface area contributed by atoms with E-state index in [0.717, 1.165) is 6.08 Å². The molecule has 1 rings (SSSR count). The molecule has 0 bridgehead atoms. The minimum Gasteiger partial charge on any atom is -0.545 e. The molecule has 0 spiro atoms. The average Bonchev–Trinajstić information content (AvgIpc) is 2.19. The summed E-state index contributed by atoms with van der Waals surface area (Å²) in [5, 5.41) is 12.5. The molecule has 0 unspecified atom stereocenters. The van der Waals surface area contributed by atoms with Crippen LogP contribution in [0.2, 0.25) is 0 Å². The van der Waals surface area contributed by atoms with Crippen LogP contribution in [0.4, 0.5) is 11.4 Å². The van der Waals surface area contributed by atoms with Gasteiger partial charge in [0.05, 0.1) is 5.97 Å². The van der Waals surface area contributed by atoms with Crippen LogP contribution < -0.4 is 45.7 Å². The first-order valence-corrected chi connectivity index (χ1v) is 4.13. The standard InChI is InChI=1S/C10H10N2O3.CH4.Na/c11-7-1-3-8(4-2-7)12-9(13)5-6-10(14)15;;/h1-6H,11H2,(H,12,13)(H,14,15);1H4;/q;;+1/p-1/b6-5-;;. The first-order chi connectivity index (χ1) is 7.08. The first kappa shape index (κ1) is 18.1. The minimum atomic E-state index is -1.41. The van der Waals surface area contributed by atoms with Gasteiger partial charge >= 0.3 is 29.6 Å². The maximum atomic E-state index is 11.1. The van der Waals surface area contributed by atoms with Crippen molar-refractivity contribution in [3.05, 3.63) is 36.4 Å². The summed E-state index contributed by atoms with van der Waals surface area (Å²) in [6.45, 7) is 0. The Balaban J connectivity index is 0. The summed E-state index contributed by atoms with van der Waals surface area (Å²) in [6, 6.07) is 6.47. The van der Waals surface area contributed by atoms with Gasteiger partial charge in [-0.15, -0.1) is 0 Å². The van der Waals surface area contributed by atoms with E-state index in [9.17, 15) is 14.7 Å². The van der Waals surface area contributed by atoms with Crippen molar-refractivity contribution in [2.24, 2.45) is 0 Å². The van der Waals surface area contributed by atoms with Crippen LogP contribution in [0.5, 0.6) is 0 Å². The second-order valence-corrected chi connectivity index (χ2v) is 2.76. The van der Waals surface area contributed by atoms with Crippen LogP contribution in [0.15, 0.2) is 36.4 Å². The van der Waals surface area contributed by atoms with Crippen LogP contribution in [0.25, 0.3) is 0 Å². The molecule has 0 atom stereocenters. The summed E-state index contributed by atoms with van der Waals surface area (Å²) in [6.07, 6.45) is 1.54. The van der Waals surface area contributed by atoms with Crippen molar-refractivity contribution in [2.45, 2.75) is 7.43 Å². The molecule has 86 valence electrons. The number of nitrogen functional groups attached to an aromatic ring is 1. The van der Waals surface area contributed by atoms with Crippen molar-refractivity contribution in [3.8, 4) is 0 Å². The number of carboxylic acids is 1. The Kier molecular flexibility index (Phi) is 9.36. The smallest absolute Gasteiger partial charge is 0.545 e. The summed E-state index contributed by atoms with van der Waals surface area (Å²) in [4.78, 5) is 21.1. The quantitative estimate of drug-likeness (QED) is 0.340. The summed E-state index contributed by atoms with van der Waals surface area (Å²) < 4.78 is 0. The second kappa shape index (κ2) is 8.81. The Labute approximate surface area is 122 Å². The van der Waals surface area contributed by atoms with Gasteiger partial charge in [-0.2, -0.15) is 0 Å². The average molecular weight is 244 g/mol. The number of amides is 1. The van der Waals surface area contributed by atoms with E-state index < -0.39 is 11.9 Å². The van der Waals surface area contributed by atoms with Crippen LogP contribution in [0.3, 0.4) is 0 Å². The predicted molar refractivity (Wildman–Crippen MR) is 60.4 cm³/mol. The molecule has 0 saturated carbocycles. The molecule has 0 aliphatic carbocycles. The van der Waals surface area contributed by atoms with Crippen LogP contribution in [0, 0.1) is 0 Å². The van der Waals surface area contributed by atoms with E-state index in [2.05, 4.69) is 5.32 Å². The molecule has 0 aliphatic heterocycles. The van der Waals surface area contributed by atoms with Gasteiger partial charge in [-0.3, -0.25) is 4.79 Å². The molecule has 0 fully saturated rings. The number of benzene rings is 1. The van der Waals surface area contributed by atoms with Gasteiger partial charge in [0.1, 0.15) is 0 Å². The zero-order valence-electron chi connectivity index (χ0n) is 8.77. The molecule has 0 heterocycles. The Morgan fingerprint density at radius 1 is 1.18 bits per heavy atom. The largest absolute Gasteiger partial charge is 1.00 e. The maximum absolute atomic E-state index is 11.1. The molecule has 0 radical (unpaired) electrons. The maximum Gasteiger partial charge on any atom is 1.00 e. The van der Waals surface area contributed by atoms with Gasteiger partial charge in [0.15, 0.2) is 0 Å². The van der Waals surface area contributed by atoms with E-state index in [1.807, 2.05) is 0 Å². The van der Waals surface area contributed by atoms with Crippen LogP contribution in [-0.2, 0) is 9.59 Å². The fourth-order valence-electron chi connectivity index (χ4n) is 0.894. The number of carbonyl (C=O) groups is 2. The number of nitrogens with one attached hydrogen (secondary N) is 1. The van der Waals surface area contributed by atoms with Gasteiger partial charge in [0, 0.05) is 17.5 Å². The van der Waals surface area contributed by atoms with Gasteiger partial charge < -0.3 is 21.0 Å². The molecular weight excluding hydrogens is 231 g/mol. The number of anilines is 2. The third-order valence-corrected chi connectivity index (χ3v) is 1.55. The Morgan fingerprint density at radius 2 is 1.71 bits per heavy atom. The molecule has 1 aromatic carbocycles. The minimum absolute atomic E-state index is 0. The molecule has 3 N–H and O–H groups in total. The number of rotatable bonds is 3. The number of aliphatic carboxylic acids is 1. The van der Waals surface area contributed by atoms with Crippen LogP contribution in [-0.4, -0.2) is 11.9 Å². The van der Waals surface area contributed by atoms with Crippen molar-refractivity contribution >= 4 is 23.3 Å². The van der Waals surface area contributed by atoms with E-state index in [1.165, 1.54) is 0 Å². The fraction of sp³-hybridized carbons (Fsp3) is 0.0909. The van der Waals surface area contributed by atoms with Crippen molar-refractivity contribution < 1.29 is 44.3 Å². The second-order valence-electron chi connectivity index (χ2n) is 2.76. The molecule has 1 aromatic rings. The van der Waals surface area contributed by atoms with Crippen molar-refractivity contribution in [2.75, 3.05) is 11.1 Å². The Hall–Kier alpha value is -1.30. The van der Waals surface area contributed by atoms with Gasteiger partial charge in [0.2, 0.25) is 5.91 Å². The summed E-state index contributed by atoms with van der Waals surface area (Å²) in [5.41, 5.74) is 6.56. The van der Waals surface area contributed by atoms with Crippen molar-refractivity contribution in [1.29, 1.82) is 0 Å². The van der Waals surface area contributed by atoms with Crippen molar-refractivity contribution in [1.82, 2.24) is 0 Å². The number of hydrogen-bond acceptors (Lipinski definition) is 4. The Bertz CT molecular complexity index is 402. The number of carbonyl (C=O) groups excluding carboxylic acids is 2. The normalized spacial score (nSPS) is 8.94. The first-order valence-electron chi connectivity index (χ1n) is 4.13. The van der Waals surface area contributed by atoms with Crippen molar-refractivity contribution in [3.63, 3.8) is 0 Å². The molecule has 0 aromatic heterocycles. The van der Waals surface area contributed by atoms with E-state index in [4.69, 9.17) is 5.73 Å². The van der Waals surface area contributed by atoms with Gasteiger partial charge in [-0.25, -0.2) is 0 Å². The zero-order valence-corrected chi connectivity index (χ0v) is 10.8. The number of hydrogen-bond donors (Lipinski definition) is 2. The molecule has 17 heavy (non-hydrogen) atoms. The molecular formula is C11H13N2NaO3. The molecule has 5 nitrogen and oxygen atoms in total. The monoisotopic (exact) mass is 244 g/mol. The van der Waals surface area contributed by atoms with Crippen LogP contribution in [0.1, 0.15) is 7.43 Å². The molecule has 0 aliphatic rings. The van der Waals surface area contributed by atoms with E-state index in [-0.39, 0.29) is 37.0 Å². The zero-order chi connectivity index (χ0) is 11.3. The van der Waals surface area contributed by atoms with Gasteiger partial charge in [-0.1, -0.05) is 7.43 Å². The van der Waals surface area contributed by atoms with E-state index in [0.29, 0.717) is 17.5 Å². The summed E-state index contributed by atoms with van der Waals surface area (Å²) in [5.74, 6) is -1.95. The fourth-order valence-corrected chi connectivity index (χ4v) is 0.894. The van der Waals surface area contributed by atoms with Gasteiger partial charge in [-0.05, 0) is 30.3 Å². The topological polar surface area (TPSA) is 95.2 Å². The molecule has 6 heteroatoms. The number of carboxylic acid groups (broad SMARTS) is 1. The van der Waals surface area contributed by atoms with E-state index in [1.54, 1.807) is 24.3 Å². The van der Waals surface area contributed by atoms with E-state index >= 15 is 0 Å². The SMILES string of the molecule is C.Nc1ccc(NC(=O)/C=C\C(=O)[O-])cc1.[Na+]. The third kappa shape index (κ3) is 7.57. The van der Waals surface area contributed by atoms with Crippen LogP contribution >= 0.6 is 0 Å². The Morgan fingerprint density at radius 3 is 2.18 bits per heavy atom. The summed E-state index contributed by atoms with van der Waals surface area (Å²) >= 11 is 0. The predicted octanol–water partition coefficient (Wildman–Crippen LogP) is -2.85. The molecule has 1 amide bonds.